The third-order valence-electron chi connectivity index (χ3n) is 3.99. The summed E-state index contributed by atoms with van der Waals surface area (Å²) in [7, 11) is 5.21. The Labute approximate surface area is 184 Å². The van der Waals surface area contributed by atoms with Crippen molar-refractivity contribution >= 4 is 35.8 Å². The van der Waals surface area contributed by atoms with E-state index in [9.17, 15) is 4.79 Å². The second-order valence-electron chi connectivity index (χ2n) is 6.42. The van der Waals surface area contributed by atoms with Crippen LogP contribution in [-0.4, -0.2) is 44.5 Å². The summed E-state index contributed by atoms with van der Waals surface area (Å²) >= 11 is 0. The van der Waals surface area contributed by atoms with Crippen LogP contribution in [0.4, 0.5) is 0 Å². The maximum atomic E-state index is 11.7. The van der Waals surface area contributed by atoms with E-state index in [0.717, 1.165) is 22.6 Å². The summed E-state index contributed by atoms with van der Waals surface area (Å²) in [4.78, 5) is 17.4. The van der Waals surface area contributed by atoms with E-state index in [0.29, 0.717) is 25.5 Å². The summed E-state index contributed by atoms with van der Waals surface area (Å²) in [5.41, 5.74) is 2.16. The largest absolute Gasteiger partial charge is 0.457 e. The van der Waals surface area contributed by atoms with Crippen LogP contribution in [0.1, 0.15) is 17.5 Å². The van der Waals surface area contributed by atoms with Gasteiger partial charge in [0.15, 0.2) is 5.96 Å². The van der Waals surface area contributed by atoms with Gasteiger partial charge in [0, 0.05) is 46.2 Å². The molecule has 152 valence electrons. The number of rotatable bonds is 7. The Balaban J connectivity index is 0.00000392. The number of ether oxygens (including phenoxy) is 1. The zero-order valence-corrected chi connectivity index (χ0v) is 19.2. The Morgan fingerprint density at radius 3 is 2.46 bits per heavy atom. The second kappa shape index (κ2) is 12.2. The molecule has 0 heterocycles. The molecule has 0 atom stereocenters. The van der Waals surface area contributed by atoms with Crippen molar-refractivity contribution in [3.05, 3.63) is 59.7 Å². The van der Waals surface area contributed by atoms with Gasteiger partial charge in [0.05, 0.1) is 0 Å². The van der Waals surface area contributed by atoms with Crippen LogP contribution in [0.2, 0.25) is 0 Å². The zero-order chi connectivity index (χ0) is 19.6. The molecule has 0 aliphatic heterocycles. The van der Waals surface area contributed by atoms with Crippen molar-refractivity contribution in [3.8, 4) is 11.5 Å². The molecule has 0 unspecified atom stereocenters. The zero-order valence-electron chi connectivity index (χ0n) is 16.9. The van der Waals surface area contributed by atoms with E-state index in [4.69, 9.17) is 4.74 Å². The van der Waals surface area contributed by atoms with E-state index in [1.807, 2.05) is 49.4 Å². The highest BCUT2D eigenvalue weighted by molar-refractivity contribution is 14.0. The topological polar surface area (TPSA) is 66.0 Å². The van der Waals surface area contributed by atoms with Gasteiger partial charge in [0.2, 0.25) is 5.91 Å². The number of hydrogen-bond donors (Lipinski definition) is 2. The van der Waals surface area contributed by atoms with Gasteiger partial charge in [-0.15, -0.1) is 24.0 Å². The van der Waals surface area contributed by atoms with Crippen LogP contribution < -0.4 is 15.4 Å². The third kappa shape index (κ3) is 7.75. The van der Waals surface area contributed by atoms with Gasteiger partial charge >= 0.3 is 0 Å². The molecule has 28 heavy (non-hydrogen) atoms. The highest BCUT2D eigenvalue weighted by Gasteiger charge is 2.08. The average molecular weight is 496 g/mol. The van der Waals surface area contributed by atoms with E-state index in [1.165, 1.54) is 0 Å². The number of halogens is 1. The molecule has 0 bridgehead atoms. The number of nitrogens with zero attached hydrogens (tertiary/aromatic N) is 2. The summed E-state index contributed by atoms with van der Waals surface area (Å²) in [6.45, 7) is 3.12. The normalized spacial score (nSPS) is 10.6. The predicted octanol–water partition coefficient (Wildman–Crippen LogP) is 3.55. The van der Waals surface area contributed by atoms with Crippen LogP contribution >= 0.6 is 24.0 Å². The number of carbonyl (C=O) groups is 1. The molecule has 7 heteroatoms. The fourth-order valence-electron chi connectivity index (χ4n) is 2.43. The lowest BCUT2D eigenvalue weighted by Crippen LogP contribution is -2.38. The highest BCUT2D eigenvalue weighted by Crippen LogP contribution is 2.26. The number of amides is 1. The van der Waals surface area contributed by atoms with Crippen LogP contribution in [0.15, 0.2) is 53.5 Å². The van der Waals surface area contributed by atoms with E-state index < -0.39 is 0 Å². The van der Waals surface area contributed by atoms with Crippen molar-refractivity contribution in [2.24, 2.45) is 4.99 Å². The maximum Gasteiger partial charge on any atom is 0.223 e. The van der Waals surface area contributed by atoms with E-state index >= 15 is 0 Å². The molecule has 2 aromatic rings. The summed E-state index contributed by atoms with van der Waals surface area (Å²) in [6, 6.07) is 15.8. The molecule has 0 spiro atoms. The molecular formula is C21H29IN4O2. The lowest BCUT2D eigenvalue weighted by molar-refractivity contribution is -0.128. The van der Waals surface area contributed by atoms with Gasteiger partial charge < -0.3 is 20.3 Å². The first-order valence-corrected chi connectivity index (χ1v) is 8.96. The Morgan fingerprint density at radius 2 is 1.82 bits per heavy atom. The van der Waals surface area contributed by atoms with E-state index in [1.54, 1.807) is 26.0 Å². The standard InChI is InChI=1S/C21H28N4O2.HI/c1-16-10-11-17(19(14-16)27-18-8-6-5-7-9-18)15-24-21(22-2)23-13-12-20(26)25(3)4;/h5-11,14H,12-13,15H2,1-4H3,(H2,22,23,24);1H. The minimum Gasteiger partial charge on any atom is -0.457 e. The number of carbonyl (C=O) groups excluding carboxylic acids is 1. The SMILES string of the molecule is CN=C(NCCC(=O)N(C)C)NCc1ccc(C)cc1Oc1ccccc1.I. The smallest absolute Gasteiger partial charge is 0.223 e. The molecule has 0 saturated heterocycles. The first-order chi connectivity index (χ1) is 13.0. The van der Waals surface area contributed by atoms with Gasteiger partial charge in [-0.1, -0.05) is 30.3 Å². The first kappa shape index (κ1) is 23.7. The molecule has 0 fully saturated rings. The minimum atomic E-state index is 0. The number of hydrogen-bond acceptors (Lipinski definition) is 3. The Hall–Kier alpha value is -2.29. The molecule has 0 radical (unpaired) electrons. The quantitative estimate of drug-likeness (QED) is 0.350. The maximum absolute atomic E-state index is 11.7. The highest BCUT2D eigenvalue weighted by atomic mass is 127. The molecule has 0 saturated carbocycles. The number of benzene rings is 2. The van der Waals surface area contributed by atoms with Crippen molar-refractivity contribution in [2.75, 3.05) is 27.7 Å². The van der Waals surface area contributed by atoms with Crippen LogP contribution in [0.3, 0.4) is 0 Å². The third-order valence-corrected chi connectivity index (χ3v) is 3.99. The second-order valence-corrected chi connectivity index (χ2v) is 6.42. The number of aryl methyl sites for hydroxylation is 1. The average Bonchev–Trinajstić information content (AvgIpc) is 2.66. The molecule has 6 nitrogen and oxygen atoms in total. The van der Waals surface area contributed by atoms with Gasteiger partial charge in [-0.2, -0.15) is 0 Å². The van der Waals surface area contributed by atoms with Gasteiger partial charge in [-0.05, 0) is 30.7 Å². The molecule has 2 N–H and O–H groups in total. The van der Waals surface area contributed by atoms with Gasteiger partial charge in [0.25, 0.3) is 0 Å². The monoisotopic (exact) mass is 496 g/mol. The van der Waals surface area contributed by atoms with Gasteiger partial charge in [-0.25, -0.2) is 0 Å². The van der Waals surface area contributed by atoms with Gasteiger partial charge in [0.1, 0.15) is 11.5 Å². The lowest BCUT2D eigenvalue weighted by atomic mass is 10.1. The number of guanidine groups is 1. The van der Waals surface area contributed by atoms with Crippen molar-refractivity contribution < 1.29 is 9.53 Å². The van der Waals surface area contributed by atoms with Crippen LogP contribution in [0, 0.1) is 6.92 Å². The Bertz CT molecular complexity index is 779. The van der Waals surface area contributed by atoms with Crippen molar-refractivity contribution in [1.82, 2.24) is 15.5 Å². The molecule has 0 aliphatic rings. The van der Waals surface area contributed by atoms with E-state index in [-0.39, 0.29) is 29.9 Å². The van der Waals surface area contributed by atoms with Gasteiger partial charge in [-0.3, -0.25) is 9.79 Å². The van der Waals surface area contributed by atoms with Crippen molar-refractivity contribution in [2.45, 2.75) is 19.9 Å². The van der Waals surface area contributed by atoms with Crippen LogP contribution in [0.25, 0.3) is 0 Å². The fourth-order valence-corrected chi connectivity index (χ4v) is 2.43. The summed E-state index contributed by atoms with van der Waals surface area (Å²) in [5.74, 6) is 2.34. The Kier molecular flexibility index (Phi) is 10.4. The summed E-state index contributed by atoms with van der Waals surface area (Å²) < 4.78 is 6.04. The van der Waals surface area contributed by atoms with Crippen LogP contribution in [-0.2, 0) is 11.3 Å². The number of nitrogens with one attached hydrogen (secondary N) is 2. The molecular weight excluding hydrogens is 467 g/mol. The van der Waals surface area contributed by atoms with E-state index in [2.05, 4.69) is 21.7 Å². The Morgan fingerprint density at radius 1 is 1.11 bits per heavy atom. The van der Waals surface area contributed by atoms with Crippen molar-refractivity contribution in [1.29, 1.82) is 0 Å². The molecule has 0 aromatic heterocycles. The van der Waals surface area contributed by atoms with Crippen LogP contribution in [0.5, 0.6) is 11.5 Å². The molecule has 2 rings (SSSR count). The lowest BCUT2D eigenvalue weighted by Gasteiger charge is -2.16. The fraction of sp³-hybridized carbons (Fsp3) is 0.333. The molecule has 0 aliphatic carbocycles. The molecule has 2 aromatic carbocycles. The number of aliphatic imine (C=N–C) groups is 1. The minimum absolute atomic E-state index is 0. The van der Waals surface area contributed by atoms with Crippen molar-refractivity contribution in [3.63, 3.8) is 0 Å². The predicted molar refractivity (Wildman–Crippen MR) is 125 cm³/mol. The number of para-hydroxylation sites is 1. The molecule has 1 amide bonds. The first-order valence-electron chi connectivity index (χ1n) is 8.96. The summed E-state index contributed by atoms with van der Waals surface area (Å²) in [5, 5.41) is 6.42. The summed E-state index contributed by atoms with van der Waals surface area (Å²) in [6.07, 6.45) is 0.417.